The Kier molecular flexibility index (Phi) is 4.20. The highest BCUT2D eigenvalue weighted by molar-refractivity contribution is 5.95. The summed E-state index contributed by atoms with van der Waals surface area (Å²) in [4.78, 5) is 13.2. The van der Waals surface area contributed by atoms with E-state index in [2.05, 4.69) is 6.58 Å². The molecule has 0 saturated carbocycles. The van der Waals surface area contributed by atoms with E-state index >= 15 is 0 Å². The van der Waals surface area contributed by atoms with Gasteiger partial charge in [-0.2, -0.15) is 0 Å². The topological polar surface area (TPSA) is 46.3 Å². The van der Waals surface area contributed by atoms with E-state index in [1.807, 2.05) is 0 Å². The smallest absolute Gasteiger partial charge is 0.260 e. The summed E-state index contributed by atoms with van der Waals surface area (Å²) in [6.45, 7) is 5.75. The van der Waals surface area contributed by atoms with Crippen molar-refractivity contribution in [3.63, 3.8) is 0 Å². The zero-order chi connectivity index (χ0) is 13.0. The van der Waals surface area contributed by atoms with Gasteiger partial charge in [0.1, 0.15) is 11.4 Å². The normalized spacial score (nSPS) is 10.1. The van der Waals surface area contributed by atoms with Gasteiger partial charge in [-0.1, -0.05) is 6.08 Å². The van der Waals surface area contributed by atoms with Crippen molar-refractivity contribution < 1.29 is 13.6 Å². The second-order valence-corrected chi connectivity index (χ2v) is 3.46. The van der Waals surface area contributed by atoms with E-state index in [0.29, 0.717) is 6.54 Å². The van der Waals surface area contributed by atoms with Crippen LogP contribution in [0.4, 0.5) is 14.5 Å². The van der Waals surface area contributed by atoms with Gasteiger partial charge in [0.15, 0.2) is 5.82 Å². The lowest BCUT2D eigenvalue weighted by molar-refractivity contribution is 0.0772. The first-order valence-corrected chi connectivity index (χ1v) is 5.16. The van der Waals surface area contributed by atoms with Crippen molar-refractivity contribution in [2.24, 2.45) is 0 Å². The Balaban J connectivity index is 3.19. The van der Waals surface area contributed by atoms with Gasteiger partial charge in [-0.25, -0.2) is 8.78 Å². The number of nitrogens with zero attached hydrogens (tertiary/aromatic N) is 1. The molecule has 1 amide bonds. The largest absolute Gasteiger partial charge is 0.396 e. The number of anilines is 1. The third-order valence-corrected chi connectivity index (χ3v) is 2.35. The average molecular weight is 240 g/mol. The van der Waals surface area contributed by atoms with Crippen LogP contribution in [0.3, 0.4) is 0 Å². The van der Waals surface area contributed by atoms with Crippen molar-refractivity contribution in [2.45, 2.75) is 6.92 Å². The lowest BCUT2D eigenvalue weighted by Crippen LogP contribution is -2.32. The lowest BCUT2D eigenvalue weighted by Gasteiger charge is -2.19. The van der Waals surface area contributed by atoms with E-state index in [-0.39, 0.29) is 12.2 Å². The van der Waals surface area contributed by atoms with Crippen molar-refractivity contribution in [2.75, 3.05) is 18.8 Å². The summed E-state index contributed by atoms with van der Waals surface area (Å²) in [5, 5.41) is 0. The number of hydrogen-bond donors (Lipinski definition) is 1. The number of carbonyl (C=O) groups excluding carboxylic acids is 1. The van der Waals surface area contributed by atoms with E-state index in [1.54, 1.807) is 6.92 Å². The van der Waals surface area contributed by atoms with Crippen LogP contribution < -0.4 is 5.73 Å². The molecule has 0 saturated heterocycles. The molecule has 0 bridgehead atoms. The van der Waals surface area contributed by atoms with Gasteiger partial charge in [0.25, 0.3) is 5.91 Å². The van der Waals surface area contributed by atoms with Crippen LogP contribution in [-0.4, -0.2) is 23.9 Å². The summed E-state index contributed by atoms with van der Waals surface area (Å²) in [5.74, 6) is -2.66. The third kappa shape index (κ3) is 2.61. The Hall–Kier alpha value is -1.91. The second kappa shape index (κ2) is 5.43. The fourth-order valence-corrected chi connectivity index (χ4v) is 1.43. The first kappa shape index (κ1) is 13.2. The molecule has 2 N–H and O–H groups in total. The van der Waals surface area contributed by atoms with Crippen LogP contribution in [0.2, 0.25) is 0 Å². The Morgan fingerprint density at radius 1 is 1.53 bits per heavy atom. The zero-order valence-corrected chi connectivity index (χ0v) is 9.54. The molecule has 1 rings (SSSR count). The number of carbonyl (C=O) groups is 1. The number of benzene rings is 1. The summed E-state index contributed by atoms with van der Waals surface area (Å²) in [6.07, 6.45) is 1.49. The number of amides is 1. The Morgan fingerprint density at radius 2 is 2.18 bits per heavy atom. The van der Waals surface area contributed by atoms with Gasteiger partial charge in [0.05, 0.1) is 5.69 Å². The molecular formula is C12H14F2N2O. The van der Waals surface area contributed by atoms with Crippen LogP contribution in [0.15, 0.2) is 24.8 Å². The minimum absolute atomic E-state index is 0.225. The predicted octanol–water partition coefficient (Wildman–Crippen LogP) is 2.20. The van der Waals surface area contributed by atoms with Crippen LogP contribution >= 0.6 is 0 Å². The number of rotatable bonds is 4. The van der Waals surface area contributed by atoms with Crippen molar-refractivity contribution in [1.82, 2.24) is 4.90 Å². The van der Waals surface area contributed by atoms with E-state index in [9.17, 15) is 13.6 Å². The van der Waals surface area contributed by atoms with Crippen LogP contribution in [0.25, 0.3) is 0 Å². The maximum atomic E-state index is 13.6. The van der Waals surface area contributed by atoms with Gasteiger partial charge < -0.3 is 10.6 Å². The number of likely N-dealkylation sites (N-methyl/N-ethyl adjacent to an activating group) is 1. The molecule has 17 heavy (non-hydrogen) atoms. The highest BCUT2D eigenvalue weighted by Gasteiger charge is 2.23. The number of nitrogens with two attached hydrogens (primary N) is 1. The lowest BCUT2D eigenvalue weighted by atomic mass is 10.1. The van der Waals surface area contributed by atoms with Gasteiger partial charge in [-0.15, -0.1) is 6.58 Å². The van der Waals surface area contributed by atoms with E-state index in [1.165, 1.54) is 11.0 Å². The molecule has 0 fully saturated rings. The summed E-state index contributed by atoms with van der Waals surface area (Å²) >= 11 is 0. The van der Waals surface area contributed by atoms with E-state index in [4.69, 9.17) is 5.73 Å². The van der Waals surface area contributed by atoms with Crippen molar-refractivity contribution in [1.29, 1.82) is 0 Å². The summed E-state index contributed by atoms with van der Waals surface area (Å²) in [7, 11) is 0. The average Bonchev–Trinajstić information content (AvgIpc) is 2.31. The fraction of sp³-hybridized carbons (Fsp3) is 0.250. The van der Waals surface area contributed by atoms with Gasteiger partial charge in [0, 0.05) is 13.1 Å². The molecule has 1 aromatic carbocycles. The molecular weight excluding hydrogens is 226 g/mol. The zero-order valence-electron chi connectivity index (χ0n) is 9.54. The molecule has 0 atom stereocenters. The number of nitrogen functional groups attached to an aromatic ring is 1. The fourth-order valence-electron chi connectivity index (χ4n) is 1.43. The standard InChI is InChI=1S/C12H14F2N2O/c1-3-7-16(4-2)12(17)10-8(13)5-6-9(15)11(10)14/h3,5-6H,1,4,7,15H2,2H3. The maximum Gasteiger partial charge on any atom is 0.260 e. The molecule has 0 unspecified atom stereocenters. The van der Waals surface area contributed by atoms with Gasteiger partial charge >= 0.3 is 0 Å². The quantitative estimate of drug-likeness (QED) is 0.647. The van der Waals surface area contributed by atoms with Crippen LogP contribution in [0, 0.1) is 11.6 Å². The van der Waals surface area contributed by atoms with Gasteiger partial charge in [0.2, 0.25) is 0 Å². The Bertz CT molecular complexity index is 446. The van der Waals surface area contributed by atoms with Crippen molar-refractivity contribution in [3.05, 3.63) is 42.0 Å². The van der Waals surface area contributed by atoms with Crippen LogP contribution in [0.1, 0.15) is 17.3 Å². The monoisotopic (exact) mass is 240 g/mol. The Morgan fingerprint density at radius 3 is 2.71 bits per heavy atom. The van der Waals surface area contributed by atoms with Crippen LogP contribution in [-0.2, 0) is 0 Å². The highest BCUT2D eigenvalue weighted by atomic mass is 19.1. The highest BCUT2D eigenvalue weighted by Crippen LogP contribution is 2.20. The van der Waals surface area contributed by atoms with E-state index in [0.717, 1.165) is 12.1 Å². The molecule has 92 valence electrons. The summed E-state index contributed by atoms with van der Waals surface area (Å²) < 4.78 is 27.1. The number of hydrogen-bond acceptors (Lipinski definition) is 2. The van der Waals surface area contributed by atoms with Crippen molar-refractivity contribution in [3.8, 4) is 0 Å². The summed E-state index contributed by atoms with van der Waals surface area (Å²) in [5.41, 5.74) is 4.45. The number of halogens is 2. The molecule has 0 aliphatic carbocycles. The van der Waals surface area contributed by atoms with Gasteiger partial charge in [-0.3, -0.25) is 4.79 Å². The summed E-state index contributed by atoms with van der Waals surface area (Å²) in [6, 6.07) is 2.07. The molecule has 0 aromatic heterocycles. The molecule has 5 heteroatoms. The first-order valence-electron chi connectivity index (χ1n) is 5.16. The molecule has 0 aliphatic rings. The molecule has 0 spiro atoms. The first-order chi connectivity index (χ1) is 8.02. The minimum Gasteiger partial charge on any atom is -0.396 e. The third-order valence-electron chi connectivity index (χ3n) is 2.35. The van der Waals surface area contributed by atoms with E-state index < -0.39 is 23.1 Å². The second-order valence-electron chi connectivity index (χ2n) is 3.46. The Labute approximate surface area is 98.5 Å². The predicted molar refractivity (Wildman–Crippen MR) is 62.5 cm³/mol. The SMILES string of the molecule is C=CCN(CC)C(=O)c1c(F)ccc(N)c1F. The molecule has 3 nitrogen and oxygen atoms in total. The minimum atomic E-state index is -1.02. The van der Waals surface area contributed by atoms with Gasteiger partial charge in [-0.05, 0) is 19.1 Å². The van der Waals surface area contributed by atoms with Crippen molar-refractivity contribution >= 4 is 11.6 Å². The maximum absolute atomic E-state index is 13.6. The molecule has 0 radical (unpaired) electrons. The van der Waals surface area contributed by atoms with Crippen LogP contribution in [0.5, 0.6) is 0 Å². The molecule has 1 aromatic rings. The molecule has 0 heterocycles. The molecule has 0 aliphatic heterocycles.